The molecule has 0 radical (unpaired) electrons. The third kappa shape index (κ3) is 511. The van der Waals surface area contributed by atoms with E-state index in [-0.39, 0.29) is 0 Å². The molecule has 0 aromatic carbocycles. The molecule has 0 saturated carbocycles. The Kier molecular flexibility index (Phi) is 83.6. The smallest absolute Gasteiger partial charge is 0.0106 e. The average molecular weight is 131 g/mol. The topological polar surface area (TPSA) is 26.0 Å². The Balaban J connectivity index is -0.0000000646. The quantitative estimate of drug-likeness (QED) is 0.544. The molecule has 0 fully saturated rings. The molecular weight excluding hydrogens is 110 g/mol. The van der Waals surface area contributed by atoms with Crippen molar-refractivity contribution in [3.05, 3.63) is 12.7 Å². The van der Waals surface area contributed by atoms with Crippen molar-refractivity contribution in [2.24, 2.45) is 5.73 Å². The Bertz CT molecular complexity index is 25.7. The van der Waals surface area contributed by atoms with Crippen LogP contribution in [0, 0.1) is 0 Å². The van der Waals surface area contributed by atoms with Gasteiger partial charge in [0.05, 0.1) is 0 Å². The van der Waals surface area contributed by atoms with Crippen LogP contribution in [0.2, 0.25) is 0 Å². The van der Waals surface area contributed by atoms with Crippen molar-refractivity contribution >= 4 is 0 Å². The summed E-state index contributed by atoms with van der Waals surface area (Å²) in [7, 11) is 0. The van der Waals surface area contributed by atoms with Gasteiger partial charge < -0.3 is 5.73 Å². The van der Waals surface area contributed by atoms with Crippen LogP contribution in [-0.4, -0.2) is 6.54 Å². The van der Waals surface area contributed by atoms with E-state index in [4.69, 9.17) is 5.73 Å². The SMILES string of the molecule is C=CCC.CC.CCN. The second-order valence-corrected chi connectivity index (χ2v) is 1.11. The largest absolute Gasteiger partial charge is 0.331 e. The molecule has 0 atom stereocenters. The van der Waals surface area contributed by atoms with Gasteiger partial charge in [0, 0.05) is 0 Å². The highest BCUT2D eigenvalue weighted by Gasteiger charge is 1.45. The lowest BCUT2D eigenvalue weighted by molar-refractivity contribution is 1.14. The molecule has 0 amide bonds. The van der Waals surface area contributed by atoms with Gasteiger partial charge in [0.15, 0.2) is 0 Å². The standard InChI is InChI=1S/C4H8.C2H7N.C2H6/c1-3-4-2;1-2-3;1-2/h3H,1,4H2,2H3;2-3H2,1H3;1-2H3. The minimum absolute atomic E-state index is 0.750. The van der Waals surface area contributed by atoms with Crippen LogP contribution in [0.15, 0.2) is 12.7 Å². The summed E-state index contributed by atoms with van der Waals surface area (Å²) < 4.78 is 0. The van der Waals surface area contributed by atoms with E-state index in [1.165, 1.54) is 0 Å². The summed E-state index contributed by atoms with van der Waals surface area (Å²) in [6, 6.07) is 0. The maximum Gasteiger partial charge on any atom is -0.0106 e. The van der Waals surface area contributed by atoms with Gasteiger partial charge in [-0.25, -0.2) is 0 Å². The molecule has 0 bridgehead atoms. The molecule has 0 unspecified atom stereocenters. The first-order valence-electron chi connectivity index (χ1n) is 3.64. The molecule has 0 rings (SSSR count). The zero-order valence-electron chi connectivity index (χ0n) is 7.28. The molecule has 2 N–H and O–H groups in total. The number of nitrogens with two attached hydrogens (primary N) is 1. The van der Waals surface area contributed by atoms with E-state index in [9.17, 15) is 0 Å². The van der Waals surface area contributed by atoms with E-state index in [2.05, 4.69) is 13.5 Å². The van der Waals surface area contributed by atoms with Crippen molar-refractivity contribution in [3.8, 4) is 0 Å². The summed E-state index contributed by atoms with van der Waals surface area (Å²) in [5.74, 6) is 0. The molecule has 0 aliphatic heterocycles. The third-order valence-corrected chi connectivity index (χ3v) is 0.289. The molecule has 58 valence electrons. The molecule has 0 aromatic heterocycles. The Morgan fingerprint density at radius 3 is 1.44 bits per heavy atom. The summed E-state index contributed by atoms with van der Waals surface area (Å²) in [5, 5.41) is 0. The summed E-state index contributed by atoms with van der Waals surface area (Å²) in [5.41, 5.74) is 4.85. The van der Waals surface area contributed by atoms with E-state index in [0.29, 0.717) is 0 Å². The van der Waals surface area contributed by atoms with Crippen molar-refractivity contribution in [3.63, 3.8) is 0 Å². The van der Waals surface area contributed by atoms with Gasteiger partial charge in [0.1, 0.15) is 0 Å². The highest BCUT2D eigenvalue weighted by molar-refractivity contribution is 4.60. The van der Waals surface area contributed by atoms with E-state index in [1.807, 2.05) is 26.8 Å². The van der Waals surface area contributed by atoms with Crippen molar-refractivity contribution in [2.45, 2.75) is 34.1 Å². The third-order valence-electron chi connectivity index (χ3n) is 0.289. The van der Waals surface area contributed by atoms with E-state index >= 15 is 0 Å². The van der Waals surface area contributed by atoms with E-state index in [1.54, 1.807) is 0 Å². The number of rotatable bonds is 1. The first-order chi connectivity index (χ1) is 4.33. The zero-order chi connectivity index (χ0) is 8.12. The lowest BCUT2D eigenvalue weighted by Crippen LogP contribution is -1.87. The molecule has 0 saturated heterocycles. The Morgan fingerprint density at radius 1 is 1.33 bits per heavy atom. The summed E-state index contributed by atoms with van der Waals surface area (Å²) in [6.45, 7) is 12.2. The first kappa shape index (κ1) is 15.9. The Morgan fingerprint density at radius 2 is 1.44 bits per heavy atom. The fourth-order valence-electron chi connectivity index (χ4n) is 0. The van der Waals surface area contributed by atoms with Gasteiger partial charge >= 0.3 is 0 Å². The molecule has 1 nitrogen and oxygen atoms in total. The fourth-order valence-corrected chi connectivity index (χ4v) is 0. The molecule has 0 aliphatic carbocycles. The second kappa shape index (κ2) is 47.4. The summed E-state index contributed by atoms with van der Waals surface area (Å²) in [6.07, 6.45) is 2.96. The van der Waals surface area contributed by atoms with Crippen LogP contribution in [0.1, 0.15) is 34.1 Å². The van der Waals surface area contributed by atoms with Gasteiger partial charge in [-0.3, -0.25) is 0 Å². The van der Waals surface area contributed by atoms with E-state index in [0.717, 1.165) is 13.0 Å². The minimum atomic E-state index is 0.750. The second-order valence-electron chi connectivity index (χ2n) is 1.11. The van der Waals surface area contributed by atoms with Gasteiger partial charge in [-0.05, 0) is 13.0 Å². The maximum absolute atomic E-state index is 4.85. The molecule has 9 heavy (non-hydrogen) atoms. The molecular formula is C8H21N. The van der Waals surface area contributed by atoms with Crippen LogP contribution in [0.25, 0.3) is 0 Å². The van der Waals surface area contributed by atoms with Gasteiger partial charge in [0.2, 0.25) is 0 Å². The normalized spacial score (nSPS) is 5.44. The van der Waals surface area contributed by atoms with Crippen molar-refractivity contribution in [1.29, 1.82) is 0 Å². The minimum Gasteiger partial charge on any atom is -0.331 e. The summed E-state index contributed by atoms with van der Waals surface area (Å²) >= 11 is 0. The first-order valence-corrected chi connectivity index (χ1v) is 3.64. The highest BCUT2D eigenvalue weighted by atomic mass is 14.5. The Hall–Kier alpha value is -0.300. The van der Waals surface area contributed by atoms with Crippen LogP contribution in [-0.2, 0) is 0 Å². The number of hydrogen-bond donors (Lipinski definition) is 1. The molecule has 0 heterocycles. The van der Waals surface area contributed by atoms with Crippen LogP contribution in [0.4, 0.5) is 0 Å². The average Bonchev–Trinajstić information content (AvgIpc) is 1.94. The molecule has 1 heteroatoms. The van der Waals surface area contributed by atoms with Crippen LogP contribution >= 0.6 is 0 Å². The van der Waals surface area contributed by atoms with Crippen molar-refractivity contribution in [1.82, 2.24) is 0 Å². The molecule has 0 spiro atoms. The van der Waals surface area contributed by atoms with Gasteiger partial charge in [0.25, 0.3) is 0 Å². The summed E-state index contributed by atoms with van der Waals surface area (Å²) in [4.78, 5) is 0. The lowest BCUT2D eigenvalue weighted by atomic mass is 10.5. The van der Waals surface area contributed by atoms with Gasteiger partial charge in [-0.1, -0.05) is 33.8 Å². The fraction of sp³-hybridized carbons (Fsp3) is 0.750. The van der Waals surface area contributed by atoms with E-state index < -0.39 is 0 Å². The zero-order valence-corrected chi connectivity index (χ0v) is 7.28. The van der Waals surface area contributed by atoms with Crippen LogP contribution in [0.3, 0.4) is 0 Å². The number of allylic oxidation sites excluding steroid dienone is 1. The maximum atomic E-state index is 4.85. The van der Waals surface area contributed by atoms with Gasteiger partial charge in [-0.2, -0.15) is 0 Å². The predicted octanol–water partition coefficient (Wildman–Crippen LogP) is 2.57. The molecule has 0 aromatic rings. The van der Waals surface area contributed by atoms with Crippen LogP contribution < -0.4 is 5.73 Å². The van der Waals surface area contributed by atoms with Crippen molar-refractivity contribution < 1.29 is 0 Å². The Labute approximate surface area is 60.0 Å². The lowest BCUT2D eigenvalue weighted by Gasteiger charge is -1.57. The number of hydrogen-bond acceptors (Lipinski definition) is 1. The van der Waals surface area contributed by atoms with Crippen LogP contribution in [0.5, 0.6) is 0 Å². The monoisotopic (exact) mass is 131 g/mol. The predicted molar refractivity (Wildman–Crippen MR) is 46.6 cm³/mol. The van der Waals surface area contributed by atoms with Gasteiger partial charge in [-0.15, -0.1) is 6.58 Å². The molecule has 0 aliphatic rings. The highest BCUT2D eigenvalue weighted by Crippen LogP contribution is 1.66. The van der Waals surface area contributed by atoms with Crippen molar-refractivity contribution in [2.75, 3.05) is 6.54 Å².